The molecule has 2 atom stereocenters. The lowest BCUT2D eigenvalue weighted by atomic mass is 10.0. The van der Waals surface area contributed by atoms with Crippen molar-refractivity contribution < 1.29 is 9.47 Å². The molecule has 0 spiro atoms. The molecular weight excluding hydrogens is 492 g/mol. The fraction of sp³-hybridized carbons (Fsp3) is 0.0968. The summed E-state index contributed by atoms with van der Waals surface area (Å²) in [4.78, 5) is 6.84. The van der Waals surface area contributed by atoms with Crippen LogP contribution in [0.15, 0.2) is 122 Å². The maximum absolute atomic E-state index is 6.02. The Morgan fingerprint density at radius 1 is 0.763 bits per heavy atom. The summed E-state index contributed by atoms with van der Waals surface area (Å²) in [5.41, 5.74) is 3.97. The van der Waals surface area contributed by atoms with E-state index >= 15 is 0 Å². The summed E-state index contributed by atoms with van der Waals surface area (Å²) >= 11 is 5.91. The van der Waals surface area contributed by atoms with E-state index in [0.29, 0.717) is 5.11 Å². The number of rotatable bonds is 7. The van der Waals surface area contributed by atoms with Gasteiger partial charge in [-0.05, 0) is 85.0 Å². The van der Waals surface area contributed by atoms with Crippen molar-refractivity contribution in [3.63, 3.8) is 0 Å². The number of nitrogens with one attached hydrogen (secondary N) is 1. The van der Waals surface area contributed by atoms with E-state index in [2.05, 4.69) is 44.2 Å². The van der Waals surface area contributed by atoms with Crippen LogP contribution < -0.4 is 19.7 Å². The highest BCUT2D eigenvalue weighted by Gasteiger charge is 2.42. The molecule has 2 aromatic heterocycles. The Kier molecular flexibility index (Phi) is 6.50. The number of para-hydroxylation sites is 1. The van der Waals surface area contributed by atoms with Gasteiger partial charge >= 0.3 is 0 Å². The topological polar surface area (TPSA) is 51.5 Å². The van der Waals surface area contributed by atoms with E-state index in [0.717, 1.165) is 40.0 Å². The Morgan fingerprint density at radius 3 is 2.29 bits per heavy atom. The Labute approximate surface area is 227 Å². The average Bonchev–Trinajstić information content (AvgIpc) is 3.59. The number of pyridine rings is 1. The average molecular weight is 519 g/mol. The lowest BCUT2D eigenvalue weighted by Gasteiger charge is -2.29. The fourth-order valence-electron chi connectivity index (χ4n) is 4.86. The van der Waals surface area contributed by atoms with Crippen molar-refractivity contribution in [2.45, 2.75) is 12.1 Å². The van der Waals surface area contributed by atoms with Crippen molar-refractivity contribution >= 4 is 23.0 Å². The summed E-state index contributed by atoms with van der Waals surface area (Å²) < 4.78 is 13.7. The minimum atomic E-state index is -0.153. The van der Waals surface area contributed by atoms with Gasteiger partial charge in [0.1, 0.15) is 23.3 Å². The third-order valence-electron chi connectivity index (χ3n) is 6.61. The molecule has 1 fully saturated rings. The maximum Gasteiger partial charge on any atom is 0.174 e. The minimum Gasteiger partial charge on any atom is -0.497 e. The summed E-state index contributed by atoms with van der Waals surface area (Å²) in [6.45, 7) is 0. The lowest BCUT2D eigenvalue weighted by molar-refractivity contribution is 0.414. The van der Waals surface area contributed by atoms with Crippen LogP contribution in [0.25, 0.3) is 5.69 Å². The first-order valence-electron chi connectivity index (χ1n) is 12.4. The van der Waals surface area contributed by atoms with Crippen molar-refractivity contribution in [3.05, 3.63) is 133 Å². The second kappa shape index (κ2) is 10.4. The molecule has 188 valence electrons. The smallest absolute Gasteiger partial charge is 0.174 e. The summed E-state index contributed by atoms with van der Waals surface area (Å²) in [7, 11) is 1.68. The zero-order valence-corrected chi connectivity index (χ0v) is 21.6. The number of nitrogens with zero attached hydrogens (tertiary/aromatic N) is 3. The normalized spacial score (nSPS) is 16.8. The summed E-state index contributed by atoms with van der Waals surface area (Å²) in [6, 6.07) is 35.7. The first-order chi connectivity index (χ1) is 18.7. The molecule has 1 aliphatic heterocycles. The van der Waals surface area contributed by atoms with Crippen LogP contribution in [0.5, 0.6) is 17.2 Å². The van der Waals surface area contributed by atoms with Crippen molar-refractivity contribution in [1.82, 2.24) is 14.9 Å². The molecule has 5 aromatic rings. The molecule has 0 saturated carbocycles. The zero-order chi connectivity index (χ0) is 25.9. The quantitative estimate of drug-likeness (QED) is 0.238. The van der Waals surface area contributed by atoms with Crippen LogP contribution in [-0.2, 0) is 0 Å². The van der Waals surface area contributed by atoms with E-state index in [1.807, 2.05) is 97.2 Å². The van der Waals surface area contributed by atoms with Gasteiger partial charge in [0.2, 0.25) is 0 Å². The van der Waals surface area contributed by atoms with Gasteiger partial charge in [-0.25, -0.2) is 0 Å². The highest BCUT2D eigenvalue weighted by Crippen LogP contribution is 2.42. The first kappa shape index (κ1) is 23.8. The number of aromatic nitrogens is 2. The number of hydrogen-bond acceptors (Lipinski definition) is 4. The van der Waals surface area contributed by atoms with Crippen LogP contribution >= 0.6 is 12.2 Å². The molecule has 0 unspecified atom stereocenters. The first-order valence-corrected chi connectivity index (χ1v) is 12.8. The predicted octanol–water partition coefficient (Wildman–Crippen LogP) is 6.85. The number of ether oxygens (including phenoxy) is 2. The molecule has 0 aliphatic carbocycles. The second-order valence-electron chi connectivity index (χ2n) is 8.91. The van der Waals surface area contributed by atoms with Crippen LogP contribution in [0.3, 0.4) is 0 Å². The minimum absolute atomic E-state index is 0.150. The van der Waals surface area contributed by atoms with Gasteiger partial charge in [0.15, 0.2) is 5.11 Å². The van der Waals surface area contributed by atoms with E-state index < -0.39 is 0 Å². The second-order valence-corrected chi connectivity index (χ2v) is 9.30. The monoisotopic (exact) mass is 518 g/mol. The van der Waals surface area contributed by atoms with E-state index in [1.54, 1.807) is 7.11 Å². The van der Waals surface area contributed by atoms with Crippen LogP contribution in [0.1, 0.15) is 23.5 Å². The van der Waals surface area contributed by atoms with E-state index in [4.69, 9.17) is 21.7 Å². The number of hydrogen-bond donors (Lipinski definition) is 1. The summed E-state index contributed by atoms with van der Waals surface area (Å²) in [5.74, 6) is 2.35. The van der Waals surface area contributed by atoms with E-state index in [-0.39, 0.29) is 12.1 Å². The van der Waals surface area contributed by atoms with Crippen molar-refractivity contribution in [1.29, 1.82) is 0 Å². The molecule has 38 heavy (non-hydrogen) atoms. The number of thiocarbonyl (C=S) groups is 1. The number of benzene rings is 3. The van der Waals surface area contributed by atoms with Gasteiger partial charge in [-0.3, -0.25) is 4.98 Å². The Morgan fingerprint density at radius 2 is 1.53 bits per heavy atom. The molecule has 0 radical (unpaired) electrons. The van der Waals surface area contributed by atoms with Crippen molar-refractivity contribution in [2.24, 2.45) is 0 Å². The van der Waals surface area contributed by atoms with Crippen molar-refractivity contribution in [3.8, 4) is 22.9 Å². The molecule has 7 heteroatoms. The zero-order valence-electron chi connectivity index (χ0n) is 20.8. The largest absolute Gasteiger partial charge is 0.497 e. The summed E-state index contributed by atoms with van der Waals surface area (Å²) in [6.07, 6.45) is 3.88. The molecule has 1 saturated heterocycles. The van der Waals surface area contributed by atoms with Crippen LogP contribution in [-0.4, -0.2) is 21.8 Å². The van der Waals surface area contributed by atoms with Gasteiger partial charge in [0, 0.05) is 35.5 Å². The third-order valence-corrected chi connectivity index (χ3v) is 6.92. The lowest BCUT2D eigenvalue weighted by Crippen LogP contribution is -2.30. The molecule has 0 bridgehead atoms. The predicted molar refractivity (Wildman–Crippen MR) is 153 cm³/mol. The molecule has 3 heterocycles. The highest BCUT2D eigenvalue weighted by atomic mass is 32.1. The van der Waals surface area contributed by atoms with Crippen LogP contribution in [0.4, 0.5) is 5.69 Å². The highest BCUT2D eigenvalue weighted by molar-refractivity contribution is 7.80. The molecule has 6 rings (SSSR count). The number of methoxy groups -OCH3 is 1. The standard InChI is InChI=1S/C31H26N4O2S/c1-36-26-12-7-9-23(21-26)34-20-8-14-28(34)30-29(27-13-5-6-19-32-27)33-31(38)35(30)22-15-17-25(18-16-22)37-24-10-3-2-4-11-24/h2-21,29-30H,1H3,(H,33,38)/t29-,30-/m0/s1. The maximum atomic E-state index is 6.02. The van der Waals surface area contributed by atoms with Gasteiger partial charge in [0.25, 0.3) is 0 Å². The molecule has 0 amide bonds. The van der Waals surface area contributed by atoms with Gasteiger partial charge in [-0.2, -0.15) is 0 Å². The fourth-order valence-corrected chi connectivity index (χ4v) is 5.21. The number of anilines is 1. The molecular formula is C31H26N4O2S. The molecule has 1 aliphatic rings. The van der Waals surface area contributed by atoms with Gasteiger partial charge < -0.3 is 24.3 Å². The SMILES string of the molecule is COc1cccc(-n2cccc2[C@H]2[C@H](c3ccccn3)NC(=S)N2c2ccc(Oc3ccccc3)cc2)c1. The Balaban J connectivity index is 1.40. The van der Waals surface area contributed by atoms with Gasteiger partial charge in [-0.1, -0.05) is 30.3 Å². The van der Waals surface area contributed by atoms with E-state index in [1.165, 1.54) is 0 Å². The molecule has 3 aromatic carbocycles. The summed E-state index contributed by atoms with van der Waals surface area (Å²) in [5, 5.41) is 4.18. The van der Waals surface area contributed by atoms with Crippen LogP contribution in [0.2, 0.25) is 0 Å². The Hall–Kier alpha value is -4.62. The third kappa shape index (κ3) is 4.60. The van der Waals surface area contributed by atoms with E-state index in [9.17, 15) is 0 Å². The molecule has 1 N–H and O–H groups in total. The van der Waals surface area contributed by atoms with Crippen LogP contribution in [0, 0.1) is 0 Å². The van der Waals surface area contributed by atoms with Crippen molar-refractivity contribution in [2.75, 3.05) is 12.0 Å². The Bertz CT molecular complexity index is 1540. The van der Waals surface area contributed by atoms with Gasteiger partial charge in [-0.15, -0.1) is 0 Å². The molecule has 6 nitrogen and oxygen atoms in total. The van der Waals surface area contributed by atoms with Gasteiger partial charge in [0.05, 0.1) is 18.8 Å².